The van der Waals surface area contributed by atoms with E-state index in [0.717, 1.165) is 12.8 Å². The summed E-state index contributed by atoms with van der Waals surface area (Å²) in [6, 6.07) is 4.60. The lowest BCUT2D eigenvalue weighted by molar-refractivity contribution is -0.117. The van der Waals surface area contributed by atoms with Gasteiger partial charge in [-0.05, 0) is 31.0 Å². The van der Waals surface area contributed by atoms with E-state index in [4.69, 9.17) is 5.73 Å². The molecule has 1 aliphatic carbocycles. The summed E-state index contributed by atoms with van der Waals surface area (Å²) in [5.41, 5.74) is 5.60. The predicted molar refractivity (Wildman–Crippen MR) is 80.2 cm³/mol. The van der Waals surface area contributed by atoms with Gasteiger partial charge in [0.1, 0.15) is 5.82 Å². The van der Waals surface area contributed by atoms with Gasteiger partial charge in [0, 0.05) is 23.9 Å². The van der Waals surface area contributed by atoms with E-state index in [1.54, 1.807) is 12.1 Å². The van der Waals surface area contributed by atoms with Gasteiger partial charge in [0.15, 0.2) is 0 Å². The molecule has 112 valence electrons. The van der Waals surface area contributed by atoms with Gasteiger partial charge >= 0.3 is 0 Å². The second-order valence-electron chi connectivity index (χ2n) is 5.12. The summed E-state index contributed by atoms with van der Waals surface area (Å²) in [6.07, 6.45) is 4.53. The second-order valence-corrected chi connectivity index (χ2v) is 5.12. The maximum absolute atomic E-state index is 12.0. The molecule has 0 aliphatic heterocycles. The van der Waals surface area contributed by atoms with Gasteiger partial charge in [-0.1, -0.05) is 0 Å². The van der Waals surface area contributed by atoms with Crippen LogP contribution in [0.3, 0.4) is 0 Å². The molecule has 3 rings (SSSR count). The zero-order valence-electron chi connectivity index (χ0n) is 11.6. The van der Waals surface area contributed by atoms with Crippen LogP contribution in [-0.2, 0) is 4.79 Å². The number of anilines is 1. The fourth-order valence-corrected chi connectivity index (χ4v) is 2.22. The van der Waals surface area contributed by atoms with E-state index >= 15 is 0 Å². The van der Waals surface area contributed by atoms with Crippen LogP contribution in [0.5, 0.6) is 0 Å². The largest absolute Gasteiger partial charge is 0.366 e. The van der Waals surface area contributed by atoms with E-state index < -0.39 is 5.91 Å². The maximum Gasteiger partial charge on any atom is 0.255 e. The third-order valence-electron chi connectivity index (χ3n) is 3.49. The molecule has 0 bridgehead atoms. The fourth-order valence-electron chi connectivity index (χ4n) is 2.22. The van der Waals surface area contributed by atoms with E-state index in [0.29, 0.717) is 0 Å². The van der Waals surface area contributed by atoms with Gasteiger partial charge in [-0.15, -0.1) is 0 Å². The SMILES string of the molecule is NC(=O)c1ccnc(NC(=O)C2CC2)c1-c1ccc[nH]c1=O. The lowest BCUT2D eigenvalue weighted by Crippen LogP contribution is -2.20. The predicted octanol–water partition coefficient (Wildman–Crippen LogP) is 0.884. The number of nitrogens with zero attached hydrogens (tertiary/aromatic N) is 1. The number of aromatic nitrogens is 2. The molecular weight excluding hydrogens is 284 g/mol. The number of amides is 2. The molecule has 7 nitrogen and oxygen atoms in total. The maximum atomic E-state index is 12.0. The molecule has 0 unspecified atom stereocenters. The summed E-state index contributed by atoms with van der Waals surface area (Å²) in [4.78, 5) is 42.3. The monoisotopic (exact) mass is 298 g/mol. The third kappa shape index (κ3) is 2.60. The van der Waals surface area contributed by atoms with Crippen molar-refractivity contribution >= 4 is 17.6 Å². The smallest absolute Gasteiger partial charge is 0.255 e. The molecule has 22 heavy (non-hydrogen) atoms. The molecule has 4 N–H and O–H groups in total. The van der Waals surface area contributed by atoms with Gasteiger partial charge in [0.25, 0.3) is 5.56 Å². The Morgan fingerprint density at radius 2 is 2.09 bits per heavy atom. The van der Waals surface area contributed by atoms with Crippen LogP contribution < -0.4 is 16.6 Å². The first-order chi connectivity index (χ1) is 10.6. The lowest BCUT2D eigenvalue weighted by atomic mass is 10.0. The topological polar surface area (TPSA) is 118 Å². The molecule has 1 saturated carbocycles. The number of nitrogens with two attached hydrogens (primary N) is 1. The molecule has 1 aliphatic rings. The molecule has 0 saturated heterocycles. The fraction of sp³-hybridized carbons (Fsp3) is 0.200. The molecule has 2 heterocycles. The lowest BCUT2D eigenvalue weighted by Gasteiger charge is -2.12. The Bertz CT molecular complexity index is 808. The Morgan fingerprint density at radius 1 is 1.32 bits per heavy atom. The summed E-state index contributed by atoms with van der Waals surface area (Å²) in [7, 11) is 0. The molecular formula is C15H14N4O3. The molecule has 2 aromatic heterocycles. The van der Waals surface area contributed by atoms with Crippen molar-refractivity contribution in [1.29, 1.82) is 0 Å². The van der Waals surface area contributed by atoms with Crippen molar-refractivity contribution in [2.75, 3.05) is 5.32 Å². The number of hydrogen-bond acceptors (Lipinski definition) is 4. The number of primary amides is 1. The number of carbonyl (C=O) groups is 2. The number of nitrogens with one attached hydrogen (secondary N) is 2. The molecule has 2 aromatic rings. The highest BCUT2D eigenvalue weighted by Crippen LogP contribution is 2.32. The van der Waals surface area contributed by atoms with Crippen molar-refractivity contribution in [3.63, 3.8) is 0 Å². The zero-order chi connectivity index (χ0) is 15.7. The first kappa shape index (κ1) is 14.0. The number of carbonyl (C=O) groups excluding carboxylic acids is 2. The van der Waals surface area contributed by atoms with E-state index in [1.165, 1.54) is 18.5 Å². The van der Waals surface area contributed by atoms with Crippen molar-refractivity contribution in [3.05, 3.63) is 46.5 Å². The minimum absolute atomic E-state index is 0.0269. The summed E-state index contributed by atoms with van der Waals surface area (Å²) >= 11 is 0. The second kappa shape index (κ2) is 5.44. The van der Waals surface area contributed by atoms with E-state index in [9.17, 15) is 14.4 Å². The van der Waals surface area contributed by atoms with Crippen molar-refractivity contribution in [2.45, 2.75) is 12.8 Å². The minimum atomic E-state index is -0.692. The summed E-state index contributed by atoms with van der Waals surface area (Å²) < 4.78 is 0. The van der Waals surface area contributed by atoms with Crippen LogP contribution in [0.1, 0.15) is 23.2 Å². The molecule has 1 fully saturated rings. The quantitative estimate of drug-likeness (QED) is 0.776. The number of pyridine rings is 2. The van der Waals surface area contributed by atoms with E-state index in [1.807, 2.05) is 0 Å². The number of rotatable bonds is 4. The normalized spacial score (nSPS) is 13.6. The van der Waals surface area contributed by atoms with Gasteiger partial charge in [-0.2, -0.15) is 0 Å². The summed E-state index contributed by atoms with van der Waals surface area (Å²) in [5.74, 6) is -0.712. The molecule has 0 aromatic carbocycles. The first-order valence-electron chi connectivity index (χ1n) is 6.85. The molecule has 7 heteroatoms. The Kier molecular flexibility index (Phi) is 3.46. The van der Waals surface area contributed by atoms with Crippen molar-refractivity contribution in [2.24, 2.45) is 11.7 Å². The Hall–Kier alpha value is -2.96. The van der Waals surface area contributed by atoms with Gasteiger partial charge in [-0.25, -0.2) is 4.98 Å². The van der Waals surface area contributed by atoms with Gasteiger partial charge in [-0.3, -0.25) is 14.4 Å². The summed E-state index contributed by atoms with van der Waals surface area (Å²) in [5, 5.41) is 2.68. The standard InChI is InChI=1S/C15H14N4O3/c16-12(20)9-5-7-17-13(19-14(21)8-3-4-8)11(9)10-2-1-6-18-15(10)22/h1-2,5-8H,3-4H2,(H2,16,20)(H,18,22)(H,17,19,21). The summed E-state index contributed by atoms with van der Waals surface area (Å²) in [6.45, 7) is 0. The van der Waals surface area contributed by atoms with E-state index in [-0.39, 0.29) is 39.9 Å². The first-order valence-corrected chi connectivity index (χ1v) is 6.85. The zero-order valence-corrected chi connectivity index (χ0v) is 11.6. The number of aromatic amines is 1. The van der Waals surface area contributed by atoms with Crippen LogP contribution in [-0.4, -0.2) is 21.8 Å². The van der Waals surface area contributed by atoms with Crippen molar-refractivity contribution in [1.82, 2.24) is 9.97 Å². The Balaban J connectivity index is 2.15. The highest BCUT2D eigenvalue weighted by molar-refractivity contribution is 6.05. The highest BCUT2D eigenvalue weighted by Gasteiger charge is 2.31. The molecule has 0 spiro atoms. The van der Waals surface area contributed by atoms with Crippen LogP contribution in [0.2, 0.25) is 0 Å². The van der Waals surface area contributed by atoms with Gasteiger partial charge < -0.3 is 16.0 Å². The van der Waals surface area contributed by atoms with Crippen LogP contribution in [0.15, 0.2) is 35.4 Å². The van der Waals surface area contributed by atoms with Crippen LogP contribution in [0, 0.1) is 5.92 Å². The van der Waals surface area contributed by atoms with Crippen LogP contribution >= 0.6 is 0 Å². The minimum Gasteiger partial charge on any atom is -0.366 e. The highest BCUT2D eigenvalue weighted by atomic mass is 16.2. The van der Waals surface area contributed by atoms with Gasteiger partial charge in [0.05, 0.1) is 11.1 Å². The van der Waals surface area contributed by atoms with Crippen molar-refractivity contribution < 1.29 is 9.59 Å². The van der Waals surface area contributed by atoms with Crippen LogP contribution in [0.4, 0.5) is 5.82 Å². The van der Waals surface area contributed by atoms with Crippen molar-refractivity contribution in [3.8, 4) is 11.1 Å². The number of H-pyrrole nitrogens is 1. The van der Waals surface area contributed by atoms with Crippen LogP contribution in [0.25, 0.3) is 11.1 Å². The average Bonchev–Trinajstić information content (AvgIpc) is 3.32. The Labute approximate surface area is 125 Å². The Morgan fingerprint density at radius 3 is 2.73 bits per heavy atom. The van der Waals surface area contributed by atoms with Gasteiger partial charge in [0.2, 0.25) is 11.8 Å². The third-order valence-corrected chi connectivity index (χ3v) is 3.49. The molecule has 2 amide bonds. The average molecular weight is 298 g/mol. The molecule has 0 radical (unpaired) electrons. The van der Waals surface area contributed by atoms with E-state index in [2.05, 4.69) is 15.3 Å². The molecule has 0 atom stereocenters. The number of hydrogen-bond donors (Lipinski definition) is 3.